The van der Waals surface area contributed by atoms with E-state index in [0.717, 1.165) is 39.5 Å². The number of thiophene rings is 1. The molecule has 1 aromatic heterocycles. The number of aromatic hydroxyl groups is 2. The van der Waals surface area contributed by atoms with Gasteiger partial charge in [0.25, 0.3) is 0 Å². The molecule has 0 unspecified atom stereocenters. The maximum absolute atomic E-state index is 10.3. The quantitative estimate of drug-likeness (QED) is 0.392. The van der Waals surface area contributed by atoms with Crippen LogP contribution in [-0.4, -0.2) is 33.1 Å². The van der Waals surface area contributed by atoms with Crippen molar-refractivity contribution in [1.82, 2.24) is 9.80 Å². The second-order valence-corrected chi connectivity index (χ2v) is 9.31. The molecule has 2 heterocycles. The molecular formula is C25H23ClN2O2S. The number of benzene rings is 3. The molecule has 2 N–H and O–H groups in total. The number of nitrogens with zero attached hydrogens (tertiary/aromatic N) is 2. The fraction of sp³-hybridized carbons (Fsp3) is 0.200. The van der Waals surface area contributed by atoms with Gasteiger partial charge in [0, 0.05) is 47.4 Å². The first kappa shape index (κ1) is 20.3. The lowest BCUT2D eigenvalue weighted by Gasteiger charge is -2.30. The number of phenols is 2. The average Bonchev–Trinajstić information content (AvgIpc) is 3.32. The summed E-state index contributed by atoms with van der Waals surface area (Å²) < 4.78 is 1.17. The first-order valence-electron chi connectivity index (χ1n) is 10.3. The Morgan fingerprint density at radius 3 is 1.84 bits per heavy atom. The van der Waals surface area contributed by atoms with Crippen LogP contribution in [0.1, 0.15) is 22.2 Å². The van der Waals surface area contributed by atoms with Crippen LogP contribution < -0.4 is 0 Å². The molecule has 0 aliphatic carbocycles. The summed E-state index contributed by atoms with van der Waals surface area (Å²) in [6.07, 6.45) is -0.0379. The van der Waals surface area contributed by atoms with E-state index in [1.807, 2.05) is 48.5 Å². The van der Waals surface area contributed by atoms with Crippen molar-refractivity contribution in [2.45, 2.75) is 19.3 Å². The van der Waals surface area contributed by atoms with E-state index >= 15 is 0 Å². The normalized spacial score (nSPS) is 15.8. The average molecular weight is 451 g/mol. The summed E-state index contributed by atoms with van der Waals surface area (Å²) in [5.41, 5.74) is 1.79. The summed E-state index contributed by atoms with van der Waals surface area (Å²) in [5, 5.41) is 22.5. The van der Waals surface area contributed by atoms with Gasteiger partial charge in [0.05, 0.1) is 9.90 Å². The first-order valence-corrected chi connectivity index (χ1v) is 11.5. The summed E-state index contributed by atoms with van der Waals surface area (Å²) in [6, 6.07) is 23.2. The summed E-state index contributed by atoms with van der Waals surface area (Å²) in [5.74, 6) is 0.616. The molecule has 0 spiro atoms. The van der Waals surface area contributed by atoms with Crippen molar-refractivity contribution in [2.24, 2.45) is 0 Å². The molecule has 1 aliphatic rings. The molecule has 158 valence electrons. The fourth-order valence-corrected chi connectivity index (χ4v) is 6.02. The molecule has 1 fully saturated rings. The molecule has 0 radical (unpaired) electrons. The van der Waals surface area contributed by atoms with Crippen molar-refractivity contribution in [3.63, 3.8) is 0 Å². The SMILES string of the molecule is Oc1ccccc1CN1CCN(Cc2ccccc2O)C1c1sc2ccccc2c1Cl. The van der Waals surface area contributed by atoms with Crippen LogP contribution in [0.3, 0.4) is 0 Å². The molecule has 4 aromatic rings. The Morgan fingerprint density at radius 2 is 1.29 bits per heavy atom. The van der Waals surface area contributed by atoms with E-state index < -0.39 is 0 Å². The van der Waals surface area contributed by atoms with E-state index in [1.54, 1.807) is 23.5 Å². The van der Waals surface area contributed by atoms with Crippen LogP contribution in [0.2, 0.25) is 5.02 Å². The Kier molecular flexibility index (Phi) is 5.59. The van der Waals surface area contributed by atoms with Crippen molar-refractivity contribution in [2.75, 3.05) is 13.1 Å². The highest BCUT2D eigenvalue weighted by atomic mass is 35.5. The Balaban J connectivity index is 1.54. The highest BCUT2D eigenvalue weighted by molar-refractivity contribution is 7.19. The molecule has 6 heteroatoms. The van der Waals surface area contributed by atoms with Gasteiger partial charge in [-0.1, -0.05) is 66.2 Å². The number of para-hydroxylation sites is 2. The van der Waals surface area contributed by atoms with Crippen LogP contribution in [0.25, 0.3) is 10.1 Å². The smallest absolute Gasteiger partial charge is 0.120 e. The third-order valence-corrected chi connectivity index (χ3v) is 7.62. The second-order valence-electron chi connectivity index (χ2n) is 7.85. The van der Waals surface area contributed by atoms with Crippen LogP contribution in [0.5, 0.6) is 11.5 Å². The van der Waals surface area contributed by atoms with Crippen LogP contribution in [0.15, 0.2) is 72.8 Å². The molecule has 0 atom stereocenters. The van der Waals surface area contributed by atoms with Gasteiger partial charge in [0.2, 0.25) is 0 Å². The zero-order chi connectivity index (χ0) is 21.4. The van der Waals surface area contributed by atoms with Gasteiger partial charge in [0.1, 0.15) is 17.7 Å². The van der Waals surface area contributed by atoms with Crippen molar-refractivity contribution < 1.29 is 10.2 Å². The maximum atomic E-state index is 10.3. The number of fused-ring (bicyclic) bond motifs is 1. The van der Waals surface area contributed by atoms with Crippen molar-refractivity contribution in [3.8, 4) is 11.5 Å². The van der Waals surface area contributed by atoms with Crippen molar-refractivity contribution >= 4 is 33.0 Å². The highest BCUT2D eigenvalue weighted by Gasteiger charge is 2.36. The topological polar surface area (TPSA) is 46.9 Å². The first-order chi connectivity index (χ1) is 15.1. The van der Waals surface area contributed by atoms with Gasteiger partial charge in [-0.2, -0.15) is 0 Å². The predicted molar refractivity (Wildman–Crippen MR) is 127 cm³/mol. The number of hydrogen-bond acceptors (Lipinski definition) is 5. The van der Waals surface area contributed by atoms with Gasteiger partial charge in [0.15, 0.2) is 0 Å². The molecule has 0 bridgehead atoms. The second kappa shape index (κ2) is 8.52. The van der Waals surface area contributed by atoms with Crippen LogP contribution in [0, 0.1) is 0 Å². The van der Waals surface area contributed by atoms with E-state index in [-0.39, 0.29) is 6.17 Å². The van der Waals surface area contributed by atoms with Crippen LogP contribution >= 0.6 is 22.9 Å². The summed E-state index contributed by atoms with van der Waals surface area (Å²) in [7, 11) is 0. The minimum atomic E-state index is -0.0379. The van der Waals surface area contributed by atoms with E-state index in [0.29, 0.717) is 24.6 Å². The molecule has 4 nitrogen and oxygen atoms in total. The molecule has 3 aromatic carbocycles. The number of phenolic OH excluding ortho intramolecular Hbond substituents is 2. The number of halogens is 1. The Labute approximate surface area is 190 Å². The van der Waals surface area contributed by atoms with E-state index in [4.69, 9.17) is 11.6 Å². The van der Waals surface area contributed by atoms with E-state index in [1.165, 1.54) is 4.70 Å². The third kappa shape index (κ3) is 3.90. The molecular weight excluding hydrogens is 428 g/mol. The lowest BCUT2D eigenvalue weighted by Crippen LogP contribution is -2.30. The van der Waals surface area contributed by atoms with Gasteiger partial charge < -0.3 is 10.2 Å². The van der Waals surface area contributed by atoms with Gasteiger partial charge in [-0.05, 0) is 18.2 Å². The molecule has 0 amide bonds. The Bertz CT molecular complexity index is 1170. The number of hydrogen-bond donors (Lipinski definition) is 2. The molecule has 1 aliphatic heterocycles. The van der Waals surface area contributed by atoms with Gasteiger partial charge >= 0.3 is 0 Å². The summed E-state index contributed by atoms with van der Waals surface area (Å²) in [6.45, 7) is 2.94. The lowest BCUT2D eigenvalue weighted by molar-refractivity contribution is 0.127. The van der Waals surface area contributed by atoms with Gasteiger partial charge in [-0.3, -0.25) is 9.80 Å². The minimum Gasteiger partial charge on any atom is -0.508 e. The van der Waals surface area contributed by atoms with Crippen molar-refractivity contribution in [3.05, 3.63) is 93.8 Å². The van der Waals surface area contributed by atoms with Crippen LogP contribution in [-0.2, 0) is 13.1 Å². The Hall–Kier alpha value is -2.57. The largest absolute Gasteiger partial charge is 0.508 e. The molecule has 0 saturated carbocycles. The molecule has 31 heavy (non-hydrogen) atoms. The van der Waals surface area contributed by atoms with E-state index in [9.17, 15) is 10.2 Å². The van der Waals surface area contributed by atoms with Gasteiger partial charge in [-0.25, -0.2) is 0 Å². The monoisotopic (exact) mass is 450 g/mol. The number of rotatable bonds is 5. The highest BCUT2D eigenvalue weighted by Crippen LogP contribution is 2.45. The molecule has 1 saturated heterocycles. The summed E-state index contributed by atoms with van der Waals surface area (Å²) in [4.78, 5) is 5.81. The third-order valence-electron chi connectivity index (χ3n) is 5.89. The van der Waals surface area contributed by atoms with Gasteiger partial charge in [-0.15, -0.1) is 11.3 Å². The standard InChI is InChI=1S/C25H23ClN2O2S/c26-23-19-9-3-6-12-22(19)31-24(23)25-27(15-17-7-1-4-10-20(17)29)13-14-28(25)16-18-8-2-5-11-21(18)30/h1-12,25,29-30H,13-16H2. The van der Waals surface area contributed by atoms with Crippen molar-refractivity contribution in [1.29, 1.82) is 0 Å². The lowest BCUT2D eigenvalue weighted by atomic mass is 10.1. The zero-order valence-corrected chi connectivity index (χ0v) is 18.5. The molecule has 5 rings (SSSR count). The Morgan fingerprint density at radius 1 is 0.774 bits per heavy atom. The summed E-state index contributed by atoms with van der Waals surface area (Å²) >= 11 is 8.61. The van der Waals surface area contributed by atoms with Crippen LogP contribution in [0.4, 0.5) is 0 Å². The fourth-order valence-electron chi connectivity index (χ4n) is 4.32. The van der Waals surface area contributed by atoms with E-state index in [2.05, 4.69) is 21.9 Å². The predicted octanol–water partition coefficient (Wildman–Crippen LogP) is 5.98. The zero-order valence-electron chi connectivity index (χ0n) is 16.9. The maximum Gasteiger partial charge on any atom is 0.120 e. The minimum absolute atomic E-state index is 0.0379.